The van der Waals surface area contributed by atoms with Crippen molar-refractivity contribution in [3.05, 3.63) is 70.2 Å². The fourth-order valence-corrected chi connectivity index (χ4v) is 2.30. The summed E-state index contributed by atoms with van der Waals surface area (Å²) >= 11 is 5.78. The van der Waals surface area contributed by atoms with Crippen molar-refractivity contribution in [3.63, 3.8) is 0 Å². The van der Waals surface area contributed by atoms with Crippen molar-refractivity contribution in [3.8, 4) is 0 Å². The number of carbonyl (C=O) groups excluding carboxylic acids is 3. The van der Waals surface area contributed by atoms with Gasteiger partial charge < -0.3 is 10.1 Å². The molecular weight excluding hydrogens is 342 g/mol. The number of halogens is 1. The average Bonchev–Trinajstić information content (AvgIpc) is 2.64. The Balaban J connectivity index is 1.77. The maximum absolute atomic E-state index is 12.0. The fourth-order valence-electron chi connectivity index (χ4n) is 2.17. The molecule has 25 heavy (non-hydrogen) atoms. The number of carbonyl (C=O) groups is 3. The lowest BCUT2D eigenvalue weighted by atomic mass is 10.1. The van der Waals surface area contributed by atoms with Gasteiger partial charge in [0.15, 0.2) is 5.78 Å². The van der Waals surface area contributed by atoms with E-state index in [1.165, 1.54) is 7.11 Å². The Kier molecular flexibility index (Phi) is 6.71. The summed E-state index contributed by atoms with van der Waals surface area (Å²) in [5.74, 6) is -0.718. The zero-order chi connectivity index (χ0) is 18.2. The number of ketones is 1. The van der Waals surface area contributed by atoms with Crippen molar-refractivity contribution in [1.29, 1.82) is 0 Å². The van der Waals surface area contributed by atoms with Crippen LogP contribution in [0.3, 0.4) is 0 Å². The van der Waals surface area contributed by atoms with Gasteiger partial charge in [0, 0.05) is 30.0 Å². The highest BCUT2D eigenvalue weighted by Gasteiger charge is 2.10. The molecule has 0 aliphatic carbocycles. The lowest BCUT2D eigenvalue weighted by molar-refractivity contribution is -0.121. The largest absolute Gasteiger partial charge is 0.465 e. The van der Waals surface area contributed by atoms with Crippen LogP contribution in [0.15, 0.2) is 48.5 Å². The first kappa shape index (κ1) is 18.7. The maximum Gasteiger partial charge on any atom is 0.337 e. The molecule has 5 nitrogen and oxygen atoms in total. The van der Waals surface area contributed by atoms with E-state index < -0.39 is 5.97 Å². The molecule has 0 fully saturated rings. The molecule has 0 aliphatic rings. The third kappa shape index (κ3) is 5.72. The Morgan fingerprint density at radius 2 is 1.52 bits per heavy atom. The topological polar surface area (TPSA) is 72.5 Å². The van der Waals surface area contributed by atoms with Crippen molar-refractivity contribution < 1.29 is 19.1 Å². The monoisotopic (exact) mass is 359 g/mol. The molecule has 2 rings (SSSR count). The highest BCUT2D eigenvalue weighted by Crippen LogP contribution is 2.12. The highest BCUT2D eigenvalue weighted by atomic mass is 35.5. The third-order valence-corrected chi connectivity index (χ3v) is 3.86. The van der Waals surface area contributed by atoms with Crippen LogP contribution in [0.5, 0.6) is 0 Å². The molecule has 0 aromatic heterocycles. The minimum Gasteiger partial charge on any atom is -0.465 e. The van der Waals surface area contributed by atoms with Crippen LogP contribution in [-0.2, 0) is 16.1 Å². The van der Waals surface area contributed by atoms with Crippen LogP contribution in [0.1, 0.15) is 39.1 Å². The van der Waals surface area contributed by atoms with Gasteiger partial charge in [-0.3, -0.25) is 9.59 Å². The van der Waals surface area contributed by atoms with E-state index in [1.54, 1.807) is 48.5 Å². The highest BCUT2D eigenvalue weighted by molar-refractivity contribution is 6.30. The van der Waals surface area contributed by atoms with Gasteiger partial charge in [-0.1, -0.05) is 23.7 Å². The summed E-state index contributed by atoms with van der Waals surface area (Å²) in [6, 6.07) is 13.3. The molecule has 130 valence electrons. The van der Waals surface area contributed by atoms with Gasteiger partial charge in [-0.05, 0) is 42.0 Å². The first-order valence-electron chi connectivity index (χ1n) is 7.72. The minimum absolute atomic E-state index is 0.103. The first-order valence-corrected chi connectivity index (χ1v) is 8.10. The second-order valence-corrected chi connectivity index (χ2v) is 5.83. The summed E-state index contributed by atoms with van der Waals surface area (Å²) in [6.45, 7) is 0.329. The molecule has 0 aliphatic heterocycles. The summed E-state index contributed by atoms with van der Waals surface area (Å²) in [5.41, 5.74) is 1.84. The maximum atomic E-state index is 12.0. The van der Waals surface area contributed by atoms with Gasteiger partial charge in [0.25, 0.3) is 0 Å². The molecule has 0 radical (unpaired) electrons. The van der Waals surface area contributed by atoms with E-state index in [0.29, 0.717) is 22.7 Å². The van der Waals surface area contributed by atoms with Crippen molar-refractivity contribution in [1.82, 2.24) is 5.32 Å². The SMILES string of the molecule is COC(=O)c1ccc(CNC(=O)CCC(=O)c2ccc(Cl)cc2)cc1. The molecule has 0 bridgehead atoms. The van der Waals surface area contributed by atoms with E-state index in [0.717, 1.165) is 5.56 Å². The van der Waals surface area contributed by atoms with E-state index >= 15 is 0 Å². The second kappa shape index (κ2) is 8.99. The molecule has 1 N–H and O–H groups in total. The van der Waals surface area contributed by atoms with Gasteiger partial charge in [0.2, 0.25) is 5.91 Å². The van der Waals surface area contributed by atoms with Crippen LogP contribution in [0, 0.1) is 0 Å². The van der Waals surface area contributed by atoms with E-state index in [4.69, 9.17) is 11.6 Å². The number of ether oxygens (including phenoxy) is 1. The van der Waals surface area contributed by atoms with Gasteiger partial charge in [0.1, 0.15) is 0 Å². The molecule has 0 heterocycles. The Morgan fingerprint density at radius 1 is 0.920 bits per heavy atom. The molecule has 6 heteroatoms. The third-order valence-electron chi connectivity index (χ3n) is 3.61. The van der Waals surface area contributed by atoms with Gasteiger partial charge in [-0.2, -0.15) is 0 Å². The second-order valence-electron chi connectivity index (χ2n) is 5.40. The molecule has 0 atom stereocenters. The zero-order valence-corrected chi connectivity index (χ0v) is 14.5. The summed E-state index contributed by atoms with van der Waals surface area (Å²) in [7, 11) is 1.32. The number of benzene rings is 2. The Hall–Kier alpha value is -2.66. The van der Waals surface area contributed by atoms with Crippen molar-refractivity contribution in [2.45, 2.75) is 19.4 Å². The van der Waals surface area contributed by atoms with Crippen LogP contribution in [0.4, 0.5) is 0 Å². The van der Waals surface area contributed by atoms with Crippen LogP contribution >= 0.6 is 11.6 Å². The number of hydrogen-bond acceptors (Lipinski definition) is 4. The quantitative estimate of drug-likeness (QED) is 0.607. The predicted molar refractivity (Wildman–Crippen MR) is 94.6 cm³/mol. The first-order chi connectivity index (χ1) is 12.0. The number of Topliss-reactive ketones (excluding diaryl/α,β-unsaturated/α-hetero) is 1. The smallest absolute Gasteiger partial charge is 0.337 e. The van der Waals surface area contributed by atoms with Crippen molar-refractivity contribution in [2.24, 2.45) is 0 Å². The molecule has 0 spiro atoms. The molecular formula is C19H18ClNO4. The van der Waals surface area contributed by atoms with E-state index in [-0.39, 0.29) is 24.5 Å². The number of esters is 1. The van der Waals surface area contributed by atoms with Crippen molar-refractivity contribution in [2.75, 3.05) is 7.11 Å². The van der Waals surface area contributed by atoms with Crippen LogP contribution in [0.25, 0.3) is 0 Å². The minimum atomic E-state index is -0.406. The van der Waals surface area contributed by atoms with Gasteiger partial charge in [0.05, 0.1) is 12.7 Å². The number of amides is 1. The fraction of sp³-hybridized carbons (Fsp3) is 0.211. The number of hydrogen-bond donors (Lipinski definition) is 1. The number of methoxy groups -OCH3 is 1. The van der Waals surface area contributed by atoms with E-state index in [9.17, 15) is 14.4 Å². The summed E-state index contributed by atoms with van der Waals surface area (Å²) < 4.78 is 4.62. The standard InChI is InChI=1S/C19H18ClNO4/c1-25-19(24)15-4-2-13(3-5-15)12-21-18(23)11-10-17(22)14-6-8-16(20)9-7-14/h2-9H,10-12H2,1H3,(H,21,23). The Bertz CT molecular complexity index is 754. The van der Waals surface area contributed by atoms with Gasteiger partial charge in [-0.25, -0.2) is 4.79 Å². The molecule has 0 saturated heterocycles. The summed E-state index contributed by atoms with van der Waals surface area (Å²) in [4.78, 5) is 35.2. The van der Waals surface area contributed by atoms with Gasteiger partial charge in [-0.15, -0.1) is 0 Å². The molecule has 2 aromatic rings. The molecule has 2 aromatic carbocycles. The predicted octanol–water partition coefficient (Wildman–Crippen LogP) is 3.41. The van der Waals surface area contributed by atoms with Crippen molar-refractivity contribution >= 4 is 29.3 Å². The van der Waals surface area contributed by atoms with Crippen LogP contribution < -0.4 is 5.32 Å². The summed E-state index contributed by atoms with van der Waals surface area (Å²) in [6.07, 6.45) is 0.246. The molecule has 0 saturated carbocycles. The summed E-state index contributed by atoms with van der Waals surface area (Å²) in [5, 5.41) is 3.31. The zero-order valence-electron chi connectivity index (χ0n) is 13.8. The van der Waals surface area contributed by atoms with E-state index in [2.05, 4.69) is 10.1 Å². The number of nitrogens with one attached hydrogen (secondary N) is 1. The van der Waals surface area contributed by atoms with Gasteiger partial charge >= 0.3 is 5.97 Å². The Labute approximate surface area is 150 Å². The average molecular weight is 360 g/mol. The number of rotatable bonds is 7. The Morgan fingerprint density at radius 3 is 2.12 bits per heavy atom. The lowest BCUT2D eigenvalue weighted by Gasteiger charge is -2.06. The van der Waals surface area contributed by atoms with Crippen LogP contribution in [-0.4, -0.2) is 24.8 Å². The van der Waals surface area contributed by atoms with Crippen LogP contribution in [0.2, 0.25) is 5.02 Å². The molecule has 1 amide bonds. The normalized spacial score (nSPS) is 10.2. The molecule has 0 unspecified atom stereocenters. The lowest BCUT2D eigenvalue weighted by Crippen LogP contribution is -2.23. The van der Waals surface area contributed by atoms with E-state index in [1.807, 2.05) is 0 Å².